The molecule has 1 aliphatic heterocycles. The van der Waals surface area contributed by atoms with Gasteiger partial charge in [0.25, 0.3) is 5.56 Å². The third-order valence-corrected chi connectivity index (χ3v) is 5.36. The van der Waals surface area contributed by atoms with Crippen LogP contribution in [0.15, 0.2) is 27.8 Å². The number of nitrogens with one attached hydrogen (secondary N) is 2. The minimum Gasteiger partial charge on any atom is -0.477 e. The molecule has 1 amide bonds. The summed E-state index contributed by atoms with van der Waals surface area (Å²) >= 11 is 0. The standard InChI is InChI=1S/C16H15F6N5O.C5H4N2O4/c17-10-6-12(19)11(18)4-8(10)3-9(23)5-14(28)26-1-2-27-13(7-26)24-25-15(27)16(20,21)22;8-3-1-2(4(9)10)6-5(11)7-3/h4,6,9H,1-3,5,7,23H2;1H,(H,9,10)(H2,6,7,8,11)/t9-;/m1./s1. The molecule has 0 unspecified atom stereocenters. The quantitative estimate of drug-likeness (QED) is 0.260. The van der Waals surface area contributed by atoms with E-state index in [4.69, 9.17) is 10.8 Å². The van der Waals surface area contributed by atoms with Crippen LogP contribution in [0.1, 0.15) is 34.1 Å². The van der Waals surface area contributed by atoms with Gasteiger partial charge in [-0.05, 0) is 18.1 Å². The molecule has 1 aromatic carbocycles. The normalized spacial score (nSPS) is 13.8. The largest absolute Gasteiger partial charge is 0.477 e. The van der Waals surface area contributed by atoms with Gasteiger partial charge in [-0.25, -0.2) is 22.8 Å². The Morgan fingerprint density at radius 1 is 1.03 bits per heavy atom. The van der Waals surface area contributed by atoms with Gasteiger partial charge in [-0.15, -0.1) is 10.2 Å². The van der Waals surface area contributed by atoms with Gasteiger partial charge in [-0.3, -0.25) is 14.6 Å². The van der Waals surface area contributed by atoms with E-state index in [2.05, 4.69) is 10.2 Å². The Balaban J connectivity index is 0.000000320. The van der Waals surface area contributed by atoms with Gasteiger partial charge in [0.2, 0.25) is 11.7 Å². The topological polar surface area (TPSA) is 180 Å². The monoisotopic (exact) mass is 563 g/mol. The molecule has 39 heavy (non-hydrogen) atoms. The van der Waals surface area contributed by atoms with E-state index in [0.29, 0.717) is 12.1 Å². The summed E-state index contributed by atoms with van der Waals surface area (Å²) in [6.07, 6.45) is -5.11. The molecular weight excluding hydrogens is 544 g/mol. The second kappa shape index (κ2) is 11.5. The summed E-state index contributed by atoms with van der Waals surface area (Å²) in [5.41, 5.74) is 3.67. The van der Waals surface area contributed by atoms with Crippen molar-refractivity contribution in [2.75, 3.05) is 6.54 Å². The minimum absolute atomic E-state index is 0.000783. The number of amides is 1. The smallest absolute Gasteiger partial charge is 0.451 e. The number of nitrogens with two attached hydrogens (primary N) is 1. The van der Waals surface area contributed by atoms with Crippen molar-refractivity contribution in [3.8, 4) is 0 Å². The Bertz CT molecular complexity index is 1470. The van der Waals surface area contributed by atoms with Gasteiger partial charge in [-0.2, -0.15) is 13.2 Å². The molecule has 0 saturated carbocycles. The Kier molecular flexibility index (Phi) is 8.58. The van der Waals surface area contributed by atoms with Gasteiger partial charge < -0.3 is 25.3 Å². The number of carbonyl (C=O) groups is 2. The van der Waals surface area contributed by atoms with E-state index < -0.39 is 64.3 Å². The van der Waals surface area contributed by atoms with Crippen molar-refractivity contribution < 1.29 is 41.0 Å². The average molecular weight is 563 g/mol. The number of H-pyrrole nitrogens is 2. The number of nitrogens with zero attached hydrogens (tertiary/aromatic N) is 4. The summed E-state index contributed by atoms with van der Waals surface area (Å²) in [6, 6.07) is 0.979. The maximum absolute atomic E-state index is 13.7. The SMILES string of the molecule is N[C@@H](CC(=O)N1CCn2c(nnc2C(F)(F)F)C1)Cc1cc(F)c(F)cc1F.O=C(O)c1cc(=O)[nH]c(=O)[nH]1. The lowest BCUT2D eigenvalue weighted by Gasteiger charge is -2.29. The number of benzene rings is 1. The van der Waals surface area contributed by atoms with Crippen LogP contribution in [-0.2, 0) is 30.5 Å². The Morgan fingerprint density at radius 2 is 1.69 bits per heavy atom. The molecule has 210 valence electrons. The molecule has 0 spiro atoms. The first-order valence-electron chi connectivity index (χ1n) is 10.9. The van der Waals surface area contributed by atoms with Crippen molar-refractivity contribution in [1.82, 2.24) is 29.6 Å². The van der Waals surface area contributed by atoms with Gasteiger partial charge in [0.1, 0.15) is 11.5 Å². The van der Waals surface area contributed by atoms with Gasteiger partial charge in [0.15, 0.2) is 17.5 Å². The zero-order valence-corrected chi connectivity index (χ0v) is 19.6. The van der Waals surface area contributed by atoms with E-state index in [9.17, 15) is 45.5 Å². The third-order valence-electron chi connectivity index (χ3n) is 5.36. The first-order valence-corrected chi connectivity index (χ1v) is 10.9. The molecule has 1 atom stereocenters. The van der Waals surface area contributed by atoms with Crippen LogP contribution in [0.3, 0.4) is 0 Å². The maximum Gasteiger partial charge on any atom is 0.451 e. The van der Waals surface area contributed by atoms with Crippen molar-refractivity contribution in [2.45, 2.75) is 38.1 Å². The Morgan fingerprint density at radius 3 is 2.31 bits per heavy atom. The number of aromatic nitrogens is 5. The fourth-order valence-corrected chi connectivity index (χ4v) is 3.59. The molecule has 3 heterocycles. The number of aromatic carboxylic acids is 1. The fourth-order valence-electron chi connectivity index (χ4n) is 3.59. The maximum atomic E-state index is 13.7. The first-order chi connectivity index (χ1) is 18.1. The molecule has 3 aromatic rings. The van der Waals surface area contributed by atoms with Gasteiger partial charge >= 0.3 is 17.8 Å². The molecule has 0 saturated heterocycles. The molecule has 18 heteroatoms. The number of hydrogen-bond donors (Lipinski definition) is 4. The fraction of sp³-hybridized carbons (Fsp3) is 0.333. The van der Waals surface area contributed by atoms with E-state index in [-0.39, 0.29) is 43.9 Å². The lowest BCUT2D eigenvalue weighted by Crippen LogP contribution is -2.42. The highest BCUT2D eigenvalue weighted by molar-refractivity contribution is 5.84. The van der Waals surface area contributed by atoms with Crippen molar-refractivity contribution in [3.05, 3.63) is 79.4 Å². The van der Waals surface area contributed by atoms with E-state index in [0.717, 1.165) is 10.6 Å². The predicted molar refractivity (Wildman–Crippen MR) is 118 cm³/mol. The third kappa shape index (κ3) is 7.30. The summed E-state index contributed by atoms with van der Waals surface area (Å²) < 4.78 is 79.3. The van der Waals surface area contributed by atoms with E-state index >= 15 is 0 Å². The molecule has 4 rings (SSSR count). The van der Waals surface area contributed by atoms with Crippen molar-refractivity contribution >= 4 is 11.9 Å². The average Bonchev–Trinajstić information content (AvgIpc) is 3.26. The number of halogens is 6. The highest BCUT2D eigenvalue weighted by Crippen LogP contribution is 2.29. The summed E-state index contributed by atoms with van der Waals surface area (Å²) in [5, 5.41) is 14.9. The number of carboxylic acids is 1. The first kappa shape index (κ1) is 29.1. The van der Waals surface area contributed by atoms with Crippen LogP contribution < -0.4 is 17.0 Å². The molecule has 0 fully saturated rings. The lowest BCUT2D eigenvalue weighted by molar-refractivity contribution is -0.148. The van der Waals surface area contributed by atoms with Gasteiger partial charge in [-0.1, -0.05) is 0 Å². The molecule has 2 aromatic heterocycles. The van der Waals surface area contributed by atoms with Crippen LogP contribution in [0.25, 0.3) is 0 Å². The summed E-state index contributed by atoms with van der Waals surface area (Å²) in [5.74, 6) is -6.49. The molecule has 5 N–H and O–H groups in total. The van der Waals surface area contributed by atoms with E-state index in [1.54, 1.807) is 0 Å². The number of aromatic amines is 2. The minimum atomic E-state index is -4.64. The van der Waals surface area contributed by atoms with Crippen LogP contribution in [0.4, 0.5) is 26.3 Å². The van der Waals surface area contributed by atoms with Crippen molar-refractivity contribution in [2.24, 2.45) is 5.73 Å². The van der Waals surface area contributed by atoms with E-state index in [1.165, 1.54) is 4.90 Å². The van der Waals surface area contributed by atoms with Crippen molar-refractivity contribution in [1.29, 1.82) is 0 Å². The zero-order chi connectivity index (χ0) is 29.1. The molecule has 0 aliphatic carbocycles. The van der Waals surface area contributed by atoms with Crippen LogP contribution in [0.2, 0.25) is 0 Å². The number of carboxylic acid groups (broad SMARTS) is 1. The number of carbonyl (C=O) groups excluding carboxylic acids is 1. The number of hydrogen-bond acceptors (Lipinski definition) is 7. The Labute approximate surface area is 213 Å². The molecule has 1 aliphatic rings. The number of alkyl halides is 3. The van der Waals surface area contributed by atoms with Crippen LogP contribution >= 0.6 is 0 Å². The van der Waals surface area contributed by atoms with Crippen LogP contribution in [0, 0.1) is 17.5 Å². The molecule has 0 radical (unpaired) electrons. The molecular formula is C21H19F6N7O5. The lowest BCUT2D eigenvalue weighted by atomic mass is 10.0. The summed E-state index contributed by atoms with van der Waals surface area (Å²) in [6.45, 7) is -0.302. The number of rotatable bonds is 5. The number of fused-ring (bicyclic) bond motifs is 1. The highest BCUT2D eigenvalue weighted by Gasteiger charge is 2.40. The second-order valence-electron chi connectivity index (χ2n) is 8.24. The van der Waals surface area contributed by atoms with Crippen LogP contribution in [-0.4, -0.2) is 59.2 Å². The van der Waals surface area contributed by atoms with E-state index in [1.807, 2.05) is 9.97 Å². The molecule has 0 bridgehead atoms. The van der Waals surface area contributed by atoms with Crippen LogP contribution in [0.5, 0.6) is 0 Å². The van der Waals surface area contributed by atoms with Crippen molar-refractivity contribution in [3.63, 3.8) is 0 Å². The second-order valence-corrected chi connectivity index (χ2v) is 8.24. The predicted octanol–water partition coefficient (Wildman–Crippen LogP) is 0.778. The van der Waals surface area contributed by atoms with Gasteiger partial charge in [0.05, 0.1) is 6.54 Å². The molecule has 12 nitrogen and oxygen atoms in total. The summed E-state index contributed by atoms with van der Waals surface area (Å²) in [7, 11) is 0. The zero-order valence-electron chi connectivity index (χ0n) is 19.6. The summed E-state index contributed by atoms with van der Waals surface area (Å²) in [4.78, 5) is 48.5. The highest BCUT2D eigenvalue weighted by atomic mass is 19.4. The van der Waals surface area contributed by atoms with Gasteiger partial charge in [0, 0.05) is 37.7 Å². The Hall–Kier alpha value is -4.48.